The number of esters is 3. The SMILES string of the molecule is CC/C=C\C/C=C\C/C=C\C/C=C\CCCCCCCCCCCCCCCCCCC(=O)OCC(COC(=O)CCCCCCCCCCCCC)OC(=O)CCCCCCC/C=C\CCCCC. The normalized spacial score (nSPS) is 12.4. The number of hydrogen-bond donors (Lipinski definition) is 0. The Morgan fingerprint density at radius 1 is 0.300 bits per heavy atom. The lowest BCUT2D eigenvalue weighted by atomic mass is 10.0. The van der Waals surface area contributed by atoms with Crippen LogP contribution >= 0.6 is 0 Å². The minimum atomic E-state index is -0.774. The number of carbonyl (C=O) groups excluding carboxylic acids is 3. The van der Waals surface area contributed by atoms with Crippen molar-refractivity contribution in [3.8, 4) is 0 Å². The maximum atomic E-state index is 12.8. The molecule has 0 aromatic heterocycles. The third-order valence-electron chi connectivity index (χ3n) is 13.3. The van der Waals surface area contributed by atoms with Gasteiger partial charge in [0.1, 0.15) is 13.2 Å². The molecule has 0 radical (unpaired) electrons. The summed E-state index contributed by atoms with van der Waals surface area (Å²) < 4.78 is 16.8. The van der Waals surface area contributed by atoms with E-state index < -0.39 is 6.10 Å². The van der Waals surface area contributed by atoms with Gasteiger partial charge >= 0.3 is 17.9 Å². The first-order valence-corrected chi connectivity index (χ1v) is 30.3. The lowest BCUT2D eigenvalue weighted by molar-refractivity contribution is -0.167. The Morgan fingerprint density at radius 2 is 0.557 bits per heavy atom. The van der Waals surface area contributed by atoms with Crippen LogP contribution in [0, 0.1) is 0 Å². The molecule has 0 aromatic rings. The van der Waals surface area contributed by atoms with E-state index in [4.69, 9.17) is 14.2 Å². The number of hydrogen-bond acceptors (Lipinski definition) is 6. The number of allylic oxidation sites excluding steroid dienone is 10. The molecule has 0 saturated heterocycles. The smallest absolute Gasteiger partial charge is 0.306 e. The Kier molecular flexibility index (Phi) is 56.3. The van der Waals surface area contributed by atoms with Crippen LogP contribution in [0.1, 0.15) is 310 Å². The third kappa shape index (κ3) is 56.0. The van der Waals surface area contributed by atoms with Crippen molar-refractivity contribution in [2.24, 2.45) is 0 Å². The van der Waals surface area contributed by atoms with Crippen molar-refractivity contribution in [2.45, 2.75) is 316 Å². The minimum absolute atomic E-state index is 0.0730. The molecule has 6 heteroatoms. The van der Waals surface area contributed by atoms with E-state index in [-0.39, 0.29) is 31.1 Å². The van der Waals surface area contributed by atoms with E-state index in [1.807, 2.05) is 0 Å². The quantitative estimate of drug-likeness (QED) is 0.0261. The second-order valence-electron chi connectivity index (χ2n) is 20.2. The highest BCUT2D eigenvalue weighted by atomic mass is 16.6. The van der Waals surface area contributed by atoms with Gasteiger partial charge in [-0.25, -0.2) is 0 Å². The van der Waals surface area contributed by atoms with E-state index in [2.05, 4.69) is 81.5 Å². The average Bonchev–Trinajstić information content (AvgIpc) is 3.36. The van der Waals surface area contributed by atoms with Crippen LogP contribution in [0.25, 0.3) is 0 Å². The largest absolute Gasteiger partial charge is 0.462 e. The van der Waals surface area contributed by atoms with E-state index in [1.165, 1.54) is 180 Å². The lowest BCUT2D eigenvalue weighted by Crippen LogP contribution is -2.30. The summed E-state index contributed by atoms with van der Waals surface area (Å²) in [7, 11) is 0. The second-order valence-corrected chi connectivity index (χ2v) is 20.2. The molecule has 406 valence electrons. The highest BCUT2D eigenvalue weighted by molar-refractivity contribution is 5.71. The molecule has 0 bridgehead atoms. The maximum absolute atomic E-state index is 12.8. The fourth-order valence-electron chi connectivity index (χ4n) is 8.72. The summed E-state index contributed by atoms with van der Waals surface area (Å²) >= 11 is 0. The van der Waals surface area contributed by atoms with Crippen molar-refractivity contribution in [2.75, 3.05) is 13.2 Å². The van der Waals surface area contributed by atoms with Crippen molar-refractivity contribution in [1.82, 2.24) is 0 Å². The summed E-state index contributed by atoms with van der Waals surface area (Å²) in [6.07, 6.45) is 73.8. The van der Waals surface area contributed by atoms with E-state index in [0.29, 0.717) is 19.3 Å². The van der Waals surface area contributed by atoms with Gasteiger partial charge in [-0.2, -0.15) is 0 Å². The predicted octanol–water partition coefficient (Wildman–Crippen LogP) is 20.4. The molecule has 0 amide bonds. The standard InChI is InChI=1S/C64H114O6/c1-4-7-10-13-16-19-22-24-25-26-27-28-29-30-31-32-33-34-35-36-37-38-39-40-43-45-48-51-54-57-63(66)69-60-61(59-68-62(65)56-53-50-47-44-41-21-18-15-12-9-6-3)70-64(67)58-55-52-49-46-42-23-20-17-14-11-8-5-2/h7,10,16-17,19-20,24-25,27-28,61H,4-6,8-9,11-15,18,21-23,26,29-60H2,1-3H3/b10-7-,19-16-,20-17-,25-24-,28-27-. The van der Waals surface area contributed by atoms with Gasteiger partial charge in [-0.3, -0.25) is 14.4 Å². The topological polar surface area (TPSA) is 78.9 Å². The first-order valence-electron chi connectivity index (χ1n) is 30.3. The molecule has 0 aliphatic rings. The Labute approximate surface area is 434 Å². The van der Waals surface area contributed by atoms with E-state index in [9.17, 15) is 14.4 Å². The van der Waals surface area contributed by atoms with Gasteiger partial charge in [-0.15, -0.1) is 0 Å². The molecule has 1 atom stereocenters. The van der Waals surface area contributed by atoms with Gasteiger partial charge < -0.3 is 14.2 Å². The van der Waals surface area contributed by atoms with Crippen molar-refractivity contribution in [1.29, 1.82) is 0 Å². The van der Waals surface area contributed by atoms with E-state index >= 15 is 0 Å². The summed E-state index contributed by atoms with van der Waals surface area (Å²) in [4.78, 5) is 38.1. The van der Waals surface area contributed by atoms with Crippen LogP contribution < -0.4 is 0 Å². The molecule has 70 heavy (non-hydrogen) atoms. The van der Waals surface area contributed by atoms with Crippen LogP contribution in [0.2, 0.25) is 0 Å². The predicted molar refractivity (Wildman–Crippen MR) is 302 cm³/mol. The van der Waals surface area contributed by atoms with Gasteiger partial charge in [-0.05, 0) is 83.5 Å². The van der Waals surface area contributed by atoms with Crippen LogP contribution in [0.15, 0.2) is 60.8 Å². The molecular formula is C64H114O6. The zero-order valence-electron chi connectivity index (χ0n) is 46.5. The van der Waals surface area contributed by atoms with Gasteiger partial charge in [-0.1, -0.05) is 268 Å². The fraction of sp³-hybridized carbons (Fsp3) is 0.797. The Bertz CT molecular complexity index is 1260. The summed E-state index contributed by atoms with van der Waals surface area (Å²) in [5.74, 6) is -0.870. The van der Waals surface area contributed by atoms with Crippen molar-refractivity contribution in [3.05, 3.63) is 60.8 Å². The fourth-order valence-corrected chi connectivity index (χ4v) is 8.72. The molecule has 0 rings (SSSR count). The van der Waals surface area contributed by atoms with Gasteiger partial charge in [0.25, 0.3) is 0 Å². The number of unbranched alkanes of at least 4 members (excludes halogenated alkanes) is 34. The van der Waals surface area contributed by atoms with E-state index in [1.54, 1.807) is 0 Å². The van der Waals surface area contributed by atoms with Crippen LogP contribution in [-0.4, -0.2) is 37.2 Å². The highest BCUT2D eigenvalue weighted by Crippen LogP contribution is 2.17. The average molecular weight is 980 g/mol. The first-order chi connectivity index (χ1) is 34.5. The number of carbonyl (C=O) groups is 3. The molecule has 1 unspecified atom stereocenters. The second kappa shape index (κ2) is 58.7. The summed E-state index contributed by atoms with van der Waals surface area (Å²) in [5, 5.41) is 0. The molecule has 0 spiro atoms. The van der Waals surface area contributed by atoms with Gasteiger partial charge in [0.05, 0.1) is 0 Å². The van der Waals surface area contributed by atoms with Crippen LogP contribution in [-0.2, 0) is 28.6 Å². The first kappa shape index (κ1) is 67.1. The van der Waals surface area contributed by atoms with Crippen molar-refractivity contribution < 1.29 is 28.6 Å². The Hall–Kier alpha value is -2.89. The summed E-state index contributed by atoms with van der Waals surface area (Å²) in [5.41, 5.74) is 0. The molecule has 0 aromatic carbocycles. The van der Waals surface area contributed by atoms with Crippen LogP contribution in [0.4, 0.5) is 0 Å². The van der Waals surface area contributed by atoms with Crippen molar-refractivity contribution >= 4 is 17.9 Å². The third-order valence-corrected chi connectivity index (χ3v) is 13.3. The van der Waals surface area contributed by atoms with Gasteiger partial charge in [0.2, 0.25) is 0 Å². The number of ether oxygens (including phenoxy) is 3. The molecule has 0 aliphatic carbocycles. The molecular weight excluding hydrogens is 865 g/mol. The summed E-state index contributed by atoms with van der Waals surface area (Å²) in [6, 6.07) is 0. The minimum Gasteiger partial charge on any atom is -0.462 e. The van der Waals surface area contributed by atoms with E-state index in [0.717, 1.165) is 89.9 Å². The zero-order chi connectivity index (χ0) is 50.7. The molecule has 0 heterocycles. The molecule has 0 fully saturated rings. The molecule has 0 aliphatic heterocycles. The molecule has 0 N–H and O–H groups in total. The van der Waals surface area contributed by atoms with Gasteiger partial charge in [0.15, 0.2) is 6.10 Å². The van der Waals surface area contributed by atoms with Crippen molar-refractivity contribution in [3.63, 3.8) is 0 Å². The maximum Gasteiger partial charge on any atom is 0.306 e. The lowest BCUT2D eigenvalue weighted by Gasteiger charge is -2.18. The molecule has 6 nitrogen and oxygen atoms in total. The monoisotopic (exact) mass is 979 g/mol. The highest BCUT2D eigenvalue weighted by Gasteiger charge is 2.19. The summed E-state index contributed by atoms with van der Waals surface area (Å²) in [6.45, 7) is 6.52. The molecule has 0 saturated carbocycles. The van der Waals surface area contributed by atoms with Crippen LogP contribution in [0.3, 0.4) is 0 Å². The van der Waals surface area contributed by atoms with Crippen LogP contribution in [0.5, 0.6) is 0 Å². The Balaban J connectivity index is 4.11. The zero-order valence-corrected chi connectivity index (χ0v) is 46.5. The van der Waals surface area contributed by atoms with Gasteiger partial charge in [0, 0.05) is 19.3 Å². The Morgan fingerprint density at radius 3 is 0.914 bits per heavy atom. The number of rotatable bonds is 55.